The van der Waals surface area contributed by atoms with E-state index < -0.39 is 20.5 Å². The van der Waals surface area contributed by atoms with E-state index in [1.54, 1.807) is 4.90 Å². The maximum atomic E-state index is 12.9. The number of rotatable bonds is 3. The highest BCUT2D eigenvalue weighted by Gasteiger charge is 2.58. The molecule has 1 spiro atoms. The summed E-state index contributed by atoms with van der Waals surface area (Å²) in [6.07, 6.45) is 4.63. The maximum Gasteiger partial charge on any atom is 0.256 e. The number of hydrogen-bond acceptors (Lipinski definition) is 6. The van der Waals surface area contributed by atoms with Crippen molar-refractivity contribution >= 4 is 21.7 Å². The van der Waals surface area contributed by atoms with Crippen LogP contribution in [0.25, 0.3) is 0 Å². The summed E-state index contributed by atoms with van der Waals surface area (Å²) in [4.78, 5) is 34.7. The SMILES string of the molecule is O=C(c1cncnc1)N1CCC2(CC1)N(Cc1ccccc1)C(=O)CS2(=O)=O. The van der Waals surface area contributed by atoms with Gasteiger partial charge in [0.05, 0.1) is 5.56 Å². The van der Waals surface area contributed by atoms with Gasteiger partial charge in [0.25, 0.3) is 5.91 Å². The minimum atomic E-state index is -3.63. The minimum Gasteiger partial charge on any atom is -0.338 e. The van der Waals surface area contributed by atoms with Crippen molar-refractivity contribution in [3.05, 3.63) is 60.2 Å². The third-order valence-corrected chi connectivity index (χ3v) is 7.92. The lowest BCUT2D eigenvalue weighted by atomic mass is 10.0. The van der Waals surface area contributed by atoms with Gasteiger partial charge in [-0.05, 0) is 5.56 Å². The predicted octanol–water partition coefficient (Wildman–Crippen LogP) is 0.866. The van der Waals surface area contributed by atoms with Crippen LogP contribution in [0.1, 0.15) is 28.8 Å². The van der Waals surface area contributed by atoms with Crippen molar-refractivity contribution in [1.29, 1.82) is 0 Å². The van der Waals surface area contributed by atoms with E-state index >= 15 is 0 Å². The fraction of sp³-hybridized carbons (Fsp3) is 0.368. The van der Waals surface area contributed by atoms with E-state index in [9.17, 15) is 18.0 Å². The third-order valence-electron chi connectivity index (χ3n) is 5.51. The number of aromatic nitrogens is 2. The monoisotopic (exact) mass is 400 g/mol. The van der Waals surface area contributed by atoms with E-state index in [1.165, 1.54) is 23.6 Å². The Balaban J connectivity index is 1.57. The molecule has 1 aromatic heterocycles. The minimum absolute atomic E-state index is 0.202. The lowest BCUT2D eigenvalue weighted by Crippen LogP contribution is -2.56. The van der Waals surface area contributed by atoms with Crippen LogP contribution in [0.2, 0.25) is 0 Å². The summed E-state index contributed by atoms with van der Waals surface area (Å²) >= 11 is 0. The Labute approximate surface area is 163 Å². The van der Waals surface area contributed by atoms with Gasteiger partial charge in [0, 0.05) is 44.9 Å². The van der Waals surface area contributed by atoms with Crippen LogP contribution in [0.3, 0.4) is 0 Å². The van der Waals surface area contributed by atoms with Crippen LogP contribution in [0.15, 0.2) is 49.1 Å². The Morgan fingerprint density at radius 3 is 2.36 bits per heavy atom. The standard InChI is InChI=1S/C19H20N4O4S/c24-17-13-28(26,27)19(23(17)12-15-4-2-1-3-5-15)6-8-22(9-7-19)18(25)16-10-20-14-21-11-16/h1-5,10-11,14H,6-9,12-13H2. The second-order valence-electron chi connectivity index (χ2n) is 7.09. The summed E-state index contributed by atoms with van der Waals surface area (Å²) in [6, 6.07) is 9.35. The van der Waals surface area contributed by atoms with Gasteiger partial charge in [-0.25, -0.2) is 18.4 Å². The second kappa shape index (κ2) is 6.97. The first-order chi connectivity index (χ1) is 13.4. The molecule has 3 heterocycles. The normalized spacial score (nSPS) is 20.5. The Kier molecular flexibility index (Phi) is 4.62. The number of amides is 2. The number of carbonyl (C=O) groups excluding carboxylic acids is 2. The fourth-order valence-electron chi connectivity index (χ4n) is 4.00. The predicted molar refractivity (Wildman–Crippen MR) is 101 cm³/mol. The molecule has 2 amide bonds. The molecule has 1 aromatic carbocycles. The van der Waals surface area contributed by atoms with Crippen molar-refractivity contribution in [2.75, 3.05) is 18.8 Å². The maximum absolute atomic E-state index is 12.9. The highest BCUT2D eigenvalue weighted by Crippen LogP contribution is 2.41. The molecule has 0 aliphatic carbocycles. The largest absolute Gasteiger partial charge is 0.338 e. The fourth-order valence-corrected chi connectivity index (χ4v) is 6.06. The molecule has 0 bridgehead atoms. The lowest BCUT2D eigenvalue weighted by Gasteiger charge is -2.43. The molecule has 146 valence electrons. The molecule has 4 rings (SSSR count). The van der Waals surface area contributed by atoms with Crippen molar-refractivity contribution in [3.8, 4) is 0 Å². The zero-order valence-electron chi connectivity index (χ0n) is 15.2. The van der Waals surface area contributed by atoms with Crippen molar-refractivity contribution in [3.63, 3.8) is 0 Å². The molecule has 0 atom stereocenters. The van der Waals surface area contributed by atoms with E-state index in [-0.39, 0.29) is 44.3 Å². The van der Waals surface area contributed by atoms with E-state index in [2.05, 4.69) is 9.97 Å². The Hall–Kier alpha value is -2.81. The number of sulfone groups is 1. The van der Waals surface area contributed by atoms with Gasteiger partial charge in [-0.3, -0.25) is 9.59 Å². The van der Waals surface area contributed by atoms with Gasteiger partial charge in [-0.15, -0.1) is 0 Å². The third kappa shape index (κ3) is 3.05. The van der Waals surface area contributed by atoms with Gasteiger partial charge in [0.2, 0.25) is 5.91 Å². The van der Waals surface area contributed by atoms with Crippen LogP contribution in [0.4, 0.5) is 0 Å². The quantitative estimate of drug-likeness (QED) is 0.758. The Morgan fingerprint density at radius 2 is 1.71 bits per heavy atom. The molecule has 0 unspecified atom stereocenters. The molecule has 0 radical (unpaired) electrons. The smallest absolute Gasteiger partial charge is 0.256 e. The zero-order chi connectivity index (χ0) is 19.8. The average molecular weight is 400 g/mol. The van der Waals surface area contributed by atoms with Crippen molar-refractivity contribution in [2.24, 2.45) is 0 Å². The van der Waals surface area contributed by atoms with Crippen molar-refractivity contribution in [2.45, 2.75) is 24.3 Å². The summed E-state index contributed by atoms with van der Waals surface area (Å²) in [5.41, 5.74) is 1.25. The molecule has 9 heteroatoms. The molecule has 8 nitrogen and oxygen atoms in total. The van der Waals surface area contributed by atoms with E-state index in [1.807, 2.05) is 30.3 Å². The number of benzene rings is 1. The van der Waals surface area contributed by atoms with E-state index in [4.69, 9.17) is 0 Å². The second-order valence-corrected chi connectivity index (χ2v) is 9.37. The molecule has 2 aliphatic heterocycles. The Bertz CT molecular complexity index is 987. The van der Waals surface area contributed by atoms with Gasteiger partial charge in [-0.1, -0.05) is 30.3 Å². The van der Waals surface area contributed by atoms with Gasteiger partial charge >= 0.3 is 0 Å². The number of likely N-dealkylation sites (tertiary alicyclic amines) is 1. The van der Waals surface area contributed by atoms with Crippen molar-refractivity contribution in [1.82, 2.24) is 19.8 Å². The van der Waals surface area contributed by atoms with Crippen LogP contribution in [-0.2, 0) is 21.2 Å². The van der Waals surface area contributed by atoms with Gasteiger partial charge in [0.1, 0.15) is 17.0 Å². The zero-order valence-corrected chi connectivity index (χ0v) is 16.0. The van der Waals surface area contributed by atoms with Gasteiger partial charge in [-0.2, -0.15) is 0 Å². The first-order valence-electron chi connectivity index (χ1n) is 9.04. The summed E-state index contributed by atoms with van der Waals surface area (Å²) in [5.74, 6) is -1.08. The molecule has 0 N–H and O–H groups in total. The topological polar surface area (TPSA) is 101 Å². The summed E-state index contributed by atoms with van der Waals surface area (Å²) in [6.45, 7) is 0.760. The molecule has 0 saturated carbocycles. The summed E-state index contributed by atoms with van der Waals surface area (Å²) in [7, 11) is -3.63. The Morgan fingerprint density at radius 1 is 1.07 bits per heavy atom. The molecule has 28 heavy (non-hydrogen) atoms. The van der Waals surface area contributed by atoms with Gasteiger partial charge in [0.15, 0.2) is 9.84 Å². The van der Waals surface area contributed by atoms with Crippen LogP contribution < -0.4 is 0 Å². The van der Waals surface area contributed by atoms with E-state index in [0.29, 0.717) is 5.56 Å². The lowest BCUT2D eigenvalue weighted by molar-refractivity contribution is -0.131. The first-order valence-corrected chi connectivity index (χ1v) is 10.7. The van der Waals surface area contributed by atoms with Gasteiger partial charge < -0.3 is 9.80 Å². The van der Waals surface area contributed by atoms with Crippen molar-refractivity contribution < 1.29 is 18.0 Å². The number of hydrogen-bond donors (Lipinski definition) is 0. The van der Waals surface area contributed by atoms with Crippen LogP contribution in [0.5, 0.6) is 0 Å². The molecule has 2 fully saturated rings. The van der Waals surface area contributed by atoms with Crippen LogP contribution in [0, 0.1) is 0 Å². The molecule has 2 aromatic rings. The average Bonchev–Trinajstić information content (AvgIpc) is 2.89. The highest BCUT2D eigenvalue weighted by molar-refractivity contribution is 7.93. The highest BCUT2D eigenvalue weighted by atomic mass is 32.2. The van der Waals surface area contributed by atoms with E-state index in [0.717, 1.165) is 5.56 Å². The first kappa shape index (κ1) is 18.5. The number of nitrogens with zero attached hydrogens (tertiary/aromatic N) is 4. The number of carbonyl (C=O) groups is 2. The molecule has 2 saturated heterocycles. The number of piperidine rings is 1. The summed E-state index contributed by atoms with van der Waals surface area (Å²) < 4.78 is 25.8. The summed E-state index contributed by atoms with van der Waals surface area (Å²) in [5, 5.41) is 0. The van der Waals surface area contributed by atoms with Crippen LogP contribution in [-0.4, -0.2) is 63.7 Å². The molecular weight excluding hydrogens is 380 g/mol. The molecule has 2 aliphatic rings. The van der Waals surface area contributed by atoms with Crippen LogP contribution >= 0.6 is 0 Å². The molecular formula is C19H20N4O4S.